The molecule has 0 fully saturated rings. The topological polar surface area (TPSA) is 64.7 Å². The minimum Gasteiger partial charge on any atom is -0.368 e. The summed E-state index contributed by atoms with van der Waals surface area (Å²) in [6, 6.07) is 8.48. The van der Waals surface area contributed by atoms with E-state index in [-0.39, 0.29) is 0 Å². The predicted octanol–water partition coefficient (Wildman–Crippen LogP) is 1.34. The zero-order valence-electron chi connectivity index (χ0n) is 8.80. The number of hydrogen-bond acceptors (Lipinski definition) is 4. The molecule has 0 amide bonds. The first-order valence-electron chi connectivity index (χ1n) is 5.34. The highest BCUT2D eigenvalue weighted by Gasteiger charge is 2.24. The maximum Gasteiger partial charge on any atom is 0.223 e. The molecule has 4 nitrogen and oxygen atoms in total. The summed E-state index contributed by atoms with van der Waals surface area (Å²) in [4.78, 5) is 12.2. The third kappa shape index (κ3) is 1.52. The van der Waals surface area contributed by atoms with Crippen molar-refractivity contribution in [2.24, 2.45) is 0 Å². The van der Waals surface area contributed by atoms with Crippen LogP contribution in [0.5, 0.6) is 0 Å². The minimum absolute atomic E-state index is 0.306. The second-order valence-electron chi connectivity index (χ2n) is 4.08. The van der Waals surface area contributed by atoms with Crippen LogP contribution in [0.25, 0.3) is 0 Å². The van der Waals surface area contributed by atoms with Gasteiger partial charge in [-0.25, -0.2) is 9.97 Å². The minimum atomic E-state index is 0.306. The van der Waals surface area contributed by atoms with Gasteiger partial charge in [-0.1, -0.05) is 24.3 Å². The van der Waals surface area contributed by atoms with Gasteiger partial charge in [0.15, 0.2) is 0 Å². The van der Waals surface area contributed by atoms with E-state index < -0.39 is 0 Å². The first kappa shape index (κ1) is 9.27. The fourth-order valence-electron chi connectivity index (χ4n) is 2.26. The Hall–Kier alpha value is -1.97. The van der Waals surface area contributed by atoms with E-state index >= 15 is 0 Å². The molecule has 1 aliphatic rings. The maximum atomic E-state index is 5.57. The molecule has 2 N–H and O–H groups in total. The van der Waals surface area contributed by atoms with E-state index in [9.17, 15) is 0 Å². The molecule has 1 aromatic carbocycles. The van der Waals surface area contributed by atoms with Crippen LogP contribution >= 0.6 is 0 Å². The first-order chi connectivity index (χ1) is 7.83. The number of nitrogen functional groups attached to an aromatic ring is 1. The lowest BCUT2D eigenvalue weighted by molar-refractivity contribution is 0.677. The van der Waals surface area contributed by atoms with Crippen LogP contribution in [0.15, 0.2) is 30.6 Å². The number of rotatable bonds is 1. The highest BCUT2D eigenvalue weighted by molar-refractivity contribution is 5.35. The highest BCUT2D eigenvalue weighted by Crippen LogP contribution is 2.31. The second-order valence-corrected chi connectivity index (χ2v) is 4.08. The smallest absolute Gasteiger partial charge is 0.223 e. The van der Waals surface area contributed by atoms with Crippen molar-refractivity contribution in [1.82, 2.24) is 15.0 Å². The molecule has 16 heavy (non-hydrogen) atoms. The van der Waals surface area contributed by atoms with Crippen LogP contribution in [0.3, 0.4) is 0 Å². The zero-order chi connectivity index (χ0) is 11.0. The molecule has 1 heterocycles. The molecule has 0 aliphatic heterocycles. The summed E-state index contributed by atoms with van der Waals surface area (Å²) in [6.07, 6.45) is 3.49. The van der Waals surface area contributed by atoms with Crippen LogP contribution in [0, 0.1) is 0 Å². The van der Waals surface area contributed by atoms with Crippen LogP contribution in [-0.4, -0.2) is 15.0 Å². The molecule has 2 aromatic rings. The maximum absolute atomic E-state index is 5.57. The van der Waals surface area contributed by atoms with Crippen molar-refractivity contribution in [1.29, 1.82) is 0 Å². The number of hydrogen-bond donors (Lipinski definition) is 1. The van der Waals surface area contributed by atoms with Gasteiger partial charge in [-0.2, -0.15) is 4.98 Å². The Morgan fingerprint density at radius 2 is 1.75 bits per heavy atom. The summed E-state index contributed by atoms with van der Waals surface area (Å²) in [6.45, 7) is 0. The molecule has 0 radical (unpaired) electrons. The summed E-state index contributed by atoms with van der Waals surface area (Å²) in [5, 5.41) is 0. The Morgan fingerprint density at radius 1 is 1.06 bits per heavy atom. The van der Waals surface area contributed by atoms with Crippen molar-refractivity contribution in [3.05, 3.63) is 47.5 Å². The van der Waals surface area contributed by atoms with E-state index in [2.05, 4.69) is 39.2 Å². The van der Waals surface area contributed by atoms with Gasteiger partial charge in [0, 0.05) is 5.92 Å². The van der Waals surface area contributed by atoms with Crippen molar-refractivity contribution in [2.45, 2.75) is 18.8 Å². The normalized spacial score (nSPS) is 15.0. The molecule has 0 bridgehead atoms. The van der Waals surface area contributed by atoms with Gasteiger partial charge in [-0.3, -0.25) is 0 Å². The van der Waals surface area contributed by atoms with E-state index in [4.69, 9.17) is 5.73 Å². The molecule has 3 rings (SSSR count). The quantitative estimate of drug-likeness (QED) is 0.774. The van der Waals surface area contributed by atoms with Gasteiger partial charge in [0.25, 0.3) is 0 Å². The van der Waals surface area contributed by atoms with Gasteiger partial charge >= 0.3 is 0 Å². The van der Waals surface area contributed by atoms with Crippen LogP contribution in [0.4, 0.5) is 5.95 Å². The van der Waals surface area contributed by atoms with Crippen molar-refractivity contribution < 1.29 is 0 Å². The van der Waals surface area contributed by atoms with Crippen molar-refractivity contribution in [3.8, 4) is 0 Å². The fraction of sp³-hybridized carbons (Fsp3) is 0.250. The number of fused-ring (bicyclic) bond motifs is 1. The van der Waals surface area contributed by atoms with Gasteiger partial charge in [-0.15, -0.1) is 0 Å². The van der Waals surface area contributed by atoms with Crippen molar-refractivity contribution in [2.75, 3.05) is 5.73 Å². The Bertz CT molecular complexity index is 499. The Balaban J connectivity index is 1.91. The summed E-state index contributed by atoms with van der Waals surface area (Å²) in [5.41, 5.74) is 8.36. The fourth-order valence-corrected chi connectivity index (χ4v) is 2.26. The lowest BCUT2D eigenvalue weighted by Gasteiger charge is -2.06. The zero-order valence-corrected chi connectivity index (χ0v) is 8.80. The van der Waals surface area contributed by atoms with Crippen LogP contribution in [-0.2, 0) is 12.8 Å². The van der Waals surface area contributed by atoms with E-state index in [0.29, 0.717) is 11.9 Å². The summed E-state index contributed by atoms with van der Waals surface area (Å²) in [7, 11) is 0. The molecule has 0 saturated heterocycles. The summed E-state index contributed by atoms with van der Waals surface area (Å²) in [5.74, 6) is 1.47. The lowest BCUT2D eigenvalue weighted by atomic mass is 10.1. The van der Waals surface area contributed by atoms with E-state index in [0.717, 1.165) is 18.7 Å². The van der Waals surface area contributed by atoms with Crippen LogP contribution < -0.4 is 5.73 Å². The monoisotopic (exact) mass is 212 g/mol. The van der Waals surface area contributed by atoms with E-state index in [1.807, 2.05) is 0 Å². The van der Waals surface area contributed by atoms with Crippen molar-refractivity contribution >= 4 is 5.95 Å². The molecular weight excluding hydrogens is 200 g/mol. The number of aromatic nitrogens is 3. The predicted molar refractivity (Wildman–Crippen MR) is 60.8 cm³/mol. The van der Waals surface area contributed by atoms with Gasteiger partial charge in [0.05, 0.1) is 0 Å². The molecule has 0 spiro atoms. The van der Waals surface area contributed by atoms with Gasteiger partial charge < -0.3 is 5.73 Å². The molecule has 0 saturated carbocycles. The van der Waals surface area contributed by atoms with Gasteiger partial charge in [-0.05, 0) is 24.0 Å². The summed E-state index contributed by atoms with van der Waals surface area (Å²) < 4.78 is 0. The molecular formula is C12H12N4. The second kappa shape index (κ2) is 3.56. The Labute approximate surface area is 93.6 Å². The number of benzene rings is 1. The Morgan fingerprint density at radius 3 is 2.38 bits per heavy atom. The largest absolute Gasteiger partial charge is 0.368 e. The number of nitrogens with zero attached hydrogens (tertiary/aromatic N) is 3. The standard InChI is InChI=1S/C12H12N4/c13-12-15-7-14-11(16-12)10-5-8-3-1-2-4-9(8)6-10/h1-4,7,10H,5-6H2,(H2,13,14,15,16). The Kier molecular flexibility index (Phi) is 2.06. The molecule has 0 unspecified atom stereocenters. The van der Waals surface area contributed by atoms with Gasteiger partial charge in [0.2, 0.25) is 5.95 Å². The van der Waals surface area contributed by atoms with Crippen molar-refractivity contribution in [3.63, 3.8) is 0 Å². The lowest BCUT2D eigenvalue weighted by Crippen LogP contribution is -2.07. The molecule has 1 aromatic heterocycles. The van der Waals surface area contributed by atoms with Crippen LogP contribution in [0.1, 0.15) is 22.9 Å². The average Bonchev–Trinajstić information content (AvgIpc) is 2.72. The molecule has 1 aliphatic carbocycles. The third-order valence-electron chi connectivity index (χ3n) is 3.03. The molecule has 4 heteroatoms. The SMILES string of the molecule is Nc1ncnc(C2Cc3ccccc3C2)n1. The number of anilines is 1. The van der Waals surface area contributed by atoms with Crippen LogP contribution in [0.2, 0.25) is 0 Å². The molecule has 80 valence electrons. The third-order valence-corrected chi connectivity index (χ3v) is 3.03. The number of nitrogens with two attached hydrogens (primary N) is 1. The average molecular weight is 212 g/mol. The highest BCUT2D eigenvalue weighted by atomic mass is 15.1. The summed E-state index contributed by atoms with van der Waals surface area (Å²) >= 11 is 0. The molecule has 0 atom stereocenters. The van der Waals surface area contributed by atoms with E-state index in [1.165, 1.54) is 17.5 Å². The van der Waals surface area contributed by atoms with E-state index in [1.54, 1.807) is 0 Å². The van der Waals surface area contributed by atoms with Gasteiger partial charge in [0.1, 0.15) is 12.2 Å². The first-order valence-corrected chi connectivity index (χ1v) is 5.34.